The molecule has 0 amide bonds. The number of pyridine rings is 1. The number of hydrogen-bond acceptors (Lipinski definition) is 9. The van der Waals surface area contributed by atoms with Gasteiger partial charge in [0.2, 0.25) is 5.95 Å². The molecule has 1 aliphatic heterocycles. The third kappa shape index (κ3) is 5.36. The number of nitrogens with zero attached hydrogens (tertiary/aromatic N) is 7. The first-order valence-corrected chi connectivity index (χ1v) is 11.7. The molecule has 0 aliphatic carbocycles. The summed E-state index contributed by atoms with van der Waals surface area (Å²) in [6.07, 6.45) is 4.93. The first-order valence-electron chi connectivity index (χ1n) is 11.7. The minimum Gasteiger partial charge on any atom is -0.492 e. The largest absolute Gasteiger partial charge is 0.492 e. The number of aliphatic hydroxyl groups excluding tert-OH is 1. The molecule has 11 heteroatoms. The molecule has 0 unspecified atom stereocenters. The van der Waals surface area contributed by atoms with Crippen molar-refractivity contribution in [3.63, 3.8) is 0 Å². The van der Waals surface area contributed by atoms with Crippen LogP contribution in [0.25, 0.3) is 17.0 Å². The number of rotatable bonds is 8. The maximum absolute atomic E-state index is 14.6. The summed E-state index contributed by atoms with van der Waals surface area (Å²) >= 11 is 0. The van der Waals surface area contributed by atoms with Crippen LogP contribution in [-0.2, 0) is 6.42 Å². The van der Waals surface area contributed by atoms with Gasteiger partial charge >= 0.3 is 0 Å². The number of aryl methyl sites for hydroxylation is 1. The van der Waals surface area contributed by atoms with Crippen LogP contribution in [0, 0.1) is 5.82 Å². The van der Waals surface area contributed by atoms with Crippen molar-refractivity contribution in [1.29, 1.82) is 0 Å². The van der Waals surface area contributed by atoms with Crippen LogP contribution in [0.15, 0.2) is 42.7 Å². The minimum absolute atomic E-state index is 0.0431. The molecule has 182 valence electrons. The number of ether oxygens (including phenoxy) is 1. The molecule has 3 aromatic heterocycles. The second-order valence-electron chi connectivity index (χ2n) is 8.48. The van der Waals surface area contributed by atoms with Gasteiger partial charge in [-0.05, 0) is 49.1 Å². The first kappa shape index (κ1) is 23.1. The molecule has 4 heterocycles. The Balaban J connectivity index is 1.32. The Morgan fingerprint density at radius 3 is 2.89 bits per heavy atom. The Bertz CT molecular complexity index is 1310. The van der Waals surface area contributed by atoms with Crippen LogP contribution in [0.1, 0.15) is 25.3 Å². The van der Waals surface area contributed by atoms with Gasteiger partial charge in [0.25, 0.3) is 0 Å². The molecule has 0 radical (unpaired) electrons. The number of hydrogen-bond donors (Lipinski definition) is 2. The summed E-state index contributed by atoms with van der Waals surface area (Å²) in [6, 6.07) is 9.35. The number of likely N-dealkylation sites (tertiary alicyclic amines) is 1. The molecular weight excluding hydrogens is 451 g/mol. The van der Waals surface area contributed by atoms with Gasteiger partial charge < -0.3 is 15.2 Å². The van der Waals surface area contributed by atoms with Crippen LogP contribution in [0.5, 0.6) is 5.75 Å². The Kier molecular flexibility index (Phi) is 6.77. The van der Waals surface area contributed by atoms with E-state index in [2.05, 4.69) is 42.4 Å². The minimum atomic E-state index is -0.635. The van der Waals surface area contributed by atoms with E-state index in [1.165, 1.54) is 4.68 Å². The van der Waals surface area contributed by atoms with Crippen LogP contribution < -0.4 is 10.1 Å². The number of piperidine rings is 1. The summed E-state index contributed by atoms with van der Waals surface area (Å²) in [5.41, 5.74) is 2.76. The summed E-state index contributed by atoms with van der Waals surface area (Å²) in [7, 11) is 0. The SMILES string of the molecule is CCc1cc(Nc2ncc(F)c(-n3nnc4cccnc43)n2)cc(OCCN2CCC(O)CC2)c1. The first-order chi connectivity index (χ1) is 17.1. The molecule has 1 aromatic carbocycles. The fourth-order valence-electron chi connectivity index (χ4n) is 4.06. The number of aliphatic hydroxyl groups is 1. The highest BCUT2D eigenvalue weighted by Crippen LogP contribution is 2.25. The molecule has 0 saturated carbocycles. The standard InChI is InChI=1S/C24H27FN8O2/c1-2-16-12-17(14-19(13-16)35-11-10-32-8-5-18(34)6-9-32)28-24-27-15-20(25)22(29-24)33-23-21(30-31-33)4-3-7-26-23/h3-4,7,12-15,18,34H,2,5-6,8-11H2,1H3,(H,27,28,29). The maximum Gasteiger partial charge on any atom is 0.229 e. The quantitative estimate of drug-likeness (QED) is 0.394. The van der Waals surface area contributed by atoms with Crippen molar-refractivity contribution in [3.05, 3.63) is 54.1 Å². The van der Waals surface area contributed by atoms with Gasteiger partial charge in [0.15, 0.2) is 17.3 Å². The summed E-state index contributed by atoms with van der Waals surface area (Å²) in [5, 5.41) is 20.8. The van der Waals surface area contributed by atoms with E-state index in [0.717, 1.165) is 62.1 Å². The summed E-state index contributed by atoms with van der Waals surface area (Å²) < 4.78 is 21.9. The molecular formula is C24H27FN8O2. The molecule has 5 rings (SSSR count). The predicted octanol–water partition coefficient (Wildman–Crippen LogP) is 2.89. The number of anilines is 2. The maximum atomic E-state index is 14.6. The van der Waals surface area contributed by atoms with Crippen LogP contribution in [-0.4, -0.2) is 72.3 Å². The lowest BCUT2D eigenvalue weighted by Crippen LogP contribution is -2.38. The van der Waals surface area contributed by atoms with Crippen LogP contribution in [0.2, 0.25) is 0 Å². The highest BCUT2D eigenvalue weighted by atomic mass is 19.1. The Hall–Kier alpha value is -3.70. The average Bonchev–Trinajstić information content (AvgIpc) is 3.30. The van der Waals surface area contributed by atoms with Crippen LogP contribution in [0.3, 0.4) is 0 Å². The van der Waals surface area contributed by atoms with Crippen molar-refractivity contribution in [1.82, 2.24) is 34.8 Å². The van der Waals surface area contributed by atoms with Crippen molar-refractivity contribution in [2.75, 3.05) is 31.6 Å². The number of nitrogens with one attached hydrogen (secondary N) is 1. The Morgan fingerprint density at radius 2 is 2.06 bits per heavy atom. The van der Waals surface area contributed by atoms with Gasteiger partial charge in [-0.25, -0.2) is 14.4 Å². The topological polar surface area (TPSA) is 114 Å². The van der Waals surface area contributed by atoms with E-state index in [1.54, 1.807) is 18.3 Å². The van der Waals surface area contributed by atoms with Crippen molar-refractivity contribution >= 4 is 22.8 Å². The fourth-order valence-corrected chi connectivity index (χ4v) is 4.06. The molecule has 35 heavy (non-hydrogen) atoms. The summed E-state index contributed by atoms with van der Waals surface area (Å²) in [4.78, 5) is 15.0. The van der Waals surface area contributed by atoms with E-state index < -0.39 is 5.82 Å². The number of benzene rings is 1. The van der Waals surface area contributed by atoms with Crippen molar-refractivity contribution in [3.8, 4) is 11.6 Å². The van der Waals surface area contributed by atoms with Gasteiger partial charge in [-0.3, -0.25) is 4.90 Å². The second kappa shape index (κ2) is 10.3. The Labute approximate surface area is 201 Å². The molecule has 10 nitrogen and oxygen atoms in total. The van der Waals surface area contributed by atoms with E-state index in [9.17, 15) is 9.50 Å². The lowest BCUT2D eigenvalue weighted by Gasteiger charge is -2.29. The van der Waals surface area contributed by atoms with Crippen molar-refractivity contribution in [2.45, 2.75) is 32.3 Å². The van der Waals surface area contributed by atoms with Gasteiger partial charge in [0, 0.05) is 37.6 Å². The number of fused-ring (bicyclic) bond motifs is 1. The lowest BCUT2D eigenvalue weighted by atomic mass is 10.1. The molecule has 1 saturated heterocycles. The third-order valence-corrected chi connectivity index (χ3v) is 6.00. The van der Waals surface area contributed by atoms with Gasteiger partial charge in [-0.1, -0.05) is 12.1 Å². The van der Waals surface area contributed by atoms with Gasteiger partial charge in [-0.2, -0.15) is 9.67 Å². The summed E-state index contributed by atoms with van der Waals surface area (Å²) in [6.45, 7) is 5.18. The van der Waals surface area contributed by atoms with Gasteiger partial charge in [0.1, 0.15) is 17.9 Å². The van der Waals surface area contributed by atoms with E-state index in [0.29, 0.717) is 17.8 Å². The lowest BCUT2D eigenvalue weighted by molar-refractivity contribution is 0.0755. The molecule has 2 N–H and O–H groups in total. The molecule has 4 aromatic rings. The van der Waals surface area contributed by atoms with Crippen molar-refractivity contribution < 1.29 is 14.2 Å². The smallest absolute Gasteiger partial charge is 0.229 e. The predicted molar refractivity (Wildman–Crippen MR) is 128 cm³/mol. The van der Waals surface area contributed by atoms with Gasteiger partial charge in [-0.15, -0.1) is 5.10 Å². The van der Waals surface area contributed by atoms with Crippen molar-refractivity contribution in [2.24, 2.45) is 0 Å². The molecule has 0 atom stereocenters. The molecule has 0 spiro atoms. The van der Waals surface area contributed by atoms with Gasteiger partial charge in [0.05, 0.1) is 12.3 Å². The van der Waals surface area contributed by atoms with E-state index >= 15 is 0 Å². The zero-order valence-corrected chi connectivity index (χ0v) is 19.4. The highest BCUT2D eigenvalue weighted by Gasteiger charge is 2.17. The highest BCUT2D eigenvalue weighted by molar-refractivity contribution is 5.70. The van der Waals surface area contributed by atoms with Crippen LogP contribution in [0.4, 0.5) is 16.0 Å². The summed E-state index contributed by atoms with van der Waals surface area (Å²) in [5.74, 6) is 0.271. The number of halogens is 1. The Morgan fingerprint density at radius 1 is 1.20 bits per heavy atom. The second-order valence-corrected chi connectivity index (χ2v) is 8.48. The zero-order valence-electron chi connectivity index (χ0n) is 19.4. The normalized spacial score (nSPS) is 14.9. The van der Waals surface area contributed by atoms with E-state index in [4.69, 9.17) is 4.74 Å². The molecule has 1 fully saturated rings. The third-order valence-electron chi connectivity index (χ3n) is 6.00. The van der Waals surface area contributed by atoms with E-state index in [1.807, 2.05) is 18.2 Å². The van der Waals surface area contributed by atoms with Crippen LogP contribution >= 0.6 is 0 Å². The fraction of sp³-hybridized carbons (Fsp3) is 0.375. The number of aromatic nitrogens is 6. The average molecular weight is 479 g/mol. The molecule has 0 bridgehead atoms. The van der Waals surface area contributed by atoms with E-state index in [-0.39, 0.29) is 17.9 Å². The monoisotopic (exact) mass is 478 g/mol. The zero-order chi connectivity index (χ0) is 24.2. The molecule has 1 aliphatic rings.